The van der Waals surface area contributed by atoms with Crippen molar-refractivity contribution in [2.24, 2.45) is 0 Å². The lowest BCUT2D eigenvalue weighted by atomic mass is 10.3. The summed E-state index contributed by atoms with van der Waals surface area (Å²) in [7, 11) is 0. The highest BCUT2D eigenvalue weighted by molar-refractivity contribution is 9.08. The van der Waals surface area contributed by atoms with Crippen molar-refractivity contribution in [3.63, 3.8) is 0 Å². The number of pyridine rings is 1. The Morgan fingerprint density at radius 1 is 1.16 bits per heavy atom. The molecular weight excluding hydrogens is 328 g/mol. The number of hydrogen-bond acceptors (Lipinski definition) is 2. The quantitative estimate of drug-likeness (QED) is 0.649. The van der Waals surface area contributed by atoms with Gasteiger partial charge in [0.15, 0.2) is 0 Å². The first kappa shape index (κ1) is 12.5. The highest BCUT2D eigenvalue weighted by atomic mass is 79.9. The van der Waals surface area contributed by atoms with Crippen LogP contribution in [0.15, 0.2) is 48.7 Å². The van der Waals surface area contributed by atoms with Crippen LogP contribution in [0.3, 0.4) is 0 Å². The van der Waals surface area contributed by atoms with Crippen LogP contribution >= 0.6 is 27.5 Å². The lowest BCUT2D eigenvalue weighted by Gasteiger charge is -2.04. The number of alkyl halides is 1. The number of aromatic nitrogens is 2. The van der Waals surface area contributed by atoms with Crippen molar-refractivity contribution in [2.75, 3.05) is 0 Å². The third-order valence-corrected chi connectivity index (χ3v) is 3.53. The van der Waals surface area contributed by atoms with Gasteiger partial charge in [0.2, 0.25) is 5.88 Å². The van der Waals surface area contributed by atoms with E-state index in [-0.39, 0.29) is 0 Å². The van der Waals surface area contributed by atoms with Gasteiger partial charge < -0.3 is 4.74 Å². The molecule has 0 saturated heterocycles. The zero-order valence-corrected chi connectivity index (χ0v) is 12.2. The van der Waals surface area contributed by atoms with Crippen LogP contribution < -0.4 is 4.74 Å². The first-order chi connectivity index (χ1) is 9.28. The molecular formula is C14H10BrClN2O. The Balaban J connectivity index is 2.02. The molecule has 2 aromatic heterocycles. The van der Waals surface area contributed by atoms with Crippen LogP contribution in [0.5, 0.6) is 11.6 Å². The third-order valence-electron chi connectivity index (χ3n) is 2.75. The van der Waals surface area contributed by atoms with Crippen molar-refractivity contribution in [1.82, 2.24) is 9.38 Å². The number of imidazole rings is 1. The Morgan fingerprint density at radius 3 is 2.68 bits per heavy atom. The standard InChI is InChI=1S/C14H10BrClN2O/c15-9-12-14(17-13-3-1-2-8-18(12)13)19-11-6-4-10(16)5-7-11/h1-8H,9H2. The van der Waals surface area contributed by atoms with Gasteiger partial charge in [-0.2, -0.15) is 4.98 Å². The molecule has 0 unspecified atom stereocenters. The molecule has 0 aliphatic heterocycles. The smallest absolute Gasteiger partial charge is 0.242 e. The molecule has 2 heterocycles. The second-order valence-electron chi connectivity index (χ2n) is 3.98. The summed E-state index contributed by atoms with van der Waals surface area (Å²) >= 11 is 9.33. The van der Waals surface area contributed by atoms with Crippen LogP contribution in [0.2, 0.25) is 5.02 Å². The molecule has 5 heteroatoms. The molecule has 0 spiro atoms. The number of ether oxygens (including phenoxy) is 1. The first-order valence-corrected chi connectivity index (χ1v) is 7.23. The van der Waals surface area contributed by atoms with Crippen LogP contribution in [-0.4, -0.2) is 9.38 Å². The number of halogens is 2. The monoisotopic (exact) mass is 336 g/mol. The highest BCUT2D eigenvalue weighted by Crippen LogP contribution is 2.28. The summed E-state index contributed by atoms with van der Waals surface area (Å²) < 4.78 is 7.82. The van der Waals surface area contributed by atoms with Crippen molar-refractivity contribution in [2.45, 2.75) is 5.33 Å². The maximum Gasteiger partial charge on any atom is 0.242 e. The normalized spacial score (nSPS) is 10.8. The van der Waals surface area contributed by atoms with E-state index in [0.717, 1.165) is 17.1 Å². The average Bonchev–Trinajstić information content (AvgIpc) is 2.78. The fraction of sp³-hybridized carbons (Fsp3) is 0.0714. The zero-order chi connectivity index (χ0) is 13.2. The molecule has 0 N–H and O–H groups in total. The summed E-state index contributed by atoms with van der Waals surface area (Å²) in [4.78, 5) is 4.48. The number of benzene rings is 1. The third kappa shape index (κ3) is 2.46. The Morgan fingerprint density at radius 2 is 1.95 bits per heavy atom. The van der Waals surface area contributed by atoms with Gasteiger partial charge in [0, 0.05) is 16.5 Å². The van der Waals surface area contributed by atoms with E-state index in [4.69, 9.17) is 16.3 Å². The average molecular weight is 338 g/mol. The topological polar surface area (TPSA) is 26.5 Å². The summed E-state index contributed by atoms with van der Waals surface area (Å²) in [5, 5.41) is 1.35. The van der Waals surface area contributed by atoms with Crippen molar-refractivity contribution < 1.29 is 4.74 Å². The lowest BCUT2D eigenvalue weighted by molar-refractivity contribution is 0.462. The van der Waals surface area contributed by atoms with Gasteiger partial charge in [0.25, 0.3) is 0 Å². The zero-order valence-electron chi connectivity index (χ0n) is 9.88. The maximum absolute atomic E-state index is 5.85. The molecule has 96 valence electrons. The molecule has 0 aliphatic carbocycles. The van der Waals surface area contributed by atoms with Crippen molar-refractivity contribution in [3.05, 3.63) is 59.4 Å². The van der Waals surface area contributed by atoms with E-state index in [1.54, 1.807) is 12.1 Å². The van der Waals surface area contributed by atoms with Gasteiger partial charge in [-0.05, 0) is 36.4 Å². The molecule has 3 aromatic rings. The minimum atomic E-state index is 0.602. The second-order valence-corrected chi connectivity index (χ2v) is 4.98. The minimum Gasteiger partial charge on any atom is -0.437 e. The first-order valence-electron chi connectivity index (χ1n) is 5.73. The van der Waals surface area contributed by atoms with Gasteiger partial charge in [-0.15, -0.1) is 0 Å². The number of nitrogens with zero attached hydrogens (tertiary/aromatic N) is 2. The summed E-state index contributed by atoms with van der Waals surface area (Å²) in [6.45, 7) is 0. The van der Waals surface area contributed by atoms with E-state index in [2.05, 4.69) is 20.9 Å². The van der Waals surface area contributed by atoms with Crippen molar-refractivity contribution in [3.8, 4) is 11.6 Å². The van der Waals surface area contributed by atoms with E-state index in [0.29, 0.717) is 16.2 Å². The van der Waals surface area contributed by atoms with Crippen LogP contribution in [0.1, 0.15) is 5.69 Å². The van der Waals surface area contributed by atoms with Gasteiger partial charge in [0.1, 0.15) is 11.4 Å². The van der Waals surface area contributed by atoms with Gasteiger partial charge in [0.05, 0.1) is 5.69 Å². The molecule has 0 fully saturated rings. The van der Waals surface area contributed by atoms with Gasteiger partial charge in [-0.3, -0.25) is 4.40 Å². The minimum absolute atomic E-state index is 0.602. The molecule has 0 radical (unpaired) electrons. The van der Waals surface area contributed by atoms with E-state index in [1.807, 2.05) is 40.9 Å². The van der Waals surface area contributed by atoms with Crippen LogP contribution in [0.25, 0.3) is 5.65 Å². The largest absolute Gasteiger partial charge is 0.437 e. The molecule has 1 aromatic carbocycles. The second kappa shape index (κ2) is 5.23. The summed E-state index contributed by atoms with van der Waals surface area (Å²) in [6.07, 6.45) is 1.97. The van der Waals surface area contributed by atoms with Gasteiger partial charge in [-0.25, -0.2) is 0 Å². The van der Waals surface area contributed by atoms with E-state index >= 15 is 0 Å². The molecule has 0 atom stereocenters. The highest BCUT2D eigenvalue weighted by Gasteiger charge is 2.12. The Hall–Kier alpha value is -1.52. The number of rotatable bonds is 3. The van der Waals surface area contributed by atoms with E-state index in [1.165, 1.54) is 0 Å². The molecule has 0 amide bonds. The number of fused-ring (bicyclic) bond motifs is 1. The van der Waals surface area contributed by atoms with Crippen LogP contribution in [0.4, 0.5) is 0 Å². The fourth-order valence-electron chi connectivity index (χ4n) is 1.84. The summed E-state index contributed by atoms with van der Waals surface area (Å²) in [5.74, 6) is 1.32. The summed E-state index contributed by atoms with van der Waals surface area (Å²) in [5.41, 5.74) is 1.84. The fourth-order valence-corrected chi connectivity index (χ4v) is 2.48. The van der Waals surface area contributed by atoms with Crippen molar-refractivity contribution >= 4 is 33.2 Å². The molecule has 19 heavy (non-hydrogen) atoms. The predicted octanol–water partition coefficient (Wildman–Crippen LogP) is 4.67. The van der Waals surface area contributed by atoms with E-state index < -0.39 is 0 Å². The lowest BCUT2D eigenvalue weighted by Crippen LogP contribution is -1.91. The molecule has 3 nitrogen and oxygen atoms in total. The van der Waals surface area contributed by atoms with Gasteiger partial charge in [-0.1, -0.05) is 33.6 Å². The molecule has 0 bridgehead atoms. The van der Waals surface area contributed by atoms with E-state index in [9.17, 15) is 0 Å². The molecule has 0 saturated carbocycles. The van der Waals surface area contributed by atoms with Crippen LogP contribution in [-0.2, 0) is 5.33 Å². The van der Waals surface area contributed by atoms with Gasteiger partial charge >= 0.3 is 0 Å². The molecule has 0 aliphatic rings. The Labute approximate surface area is 123 Å². The maximum atomic E-state index is 5.85. The summed E-state index contributed by atoms with van der Waals surface area (Å²) in [6, 6.07) is 13.1. The van der Waals surface area contributed by atoms with Crippen LogP contribution in [0, 0.1) is 0 Å². The SMILES string of the molecule is Clc1ccc(Oc2nc3ccccn3c2CBr)cc1. The Kier molecular flexibility index (Phi) is 3.44. The molecule has 3 rings (SSSR count). The van der Waals surface area contributed by atoms with Crippen molar-refractivity contribution in [1.29, 1.82) is 0 Å². The predicted molar refractivity (Wildman–Crippen MR) is 79.3 cm³/mol. The number of hydrogen-bond donors (Lipinski definition) is 0. The Bertz CT molecular complexity index is 709.